The number of hydrogen-bond donors (Lipinski definition) is 1. The molecule has 1 N–H and O–H groups in total. The maximum absolute atomic E-state index is 12.5. The molecule has 2 fully saturated rings. The summed E-state index contributed by atoms with van der Waals surface area (Å²) in [7, 11) is 0. The SMILES string of the molecule is O=C1OC(c2ccccc2)C(c2ccccc2)NC1CCC1CO1. The van der Waals surface area contributed by atoms with Crippen molar-refractivity contribution in [1.29, 1.82) is 0 Å². The Labute approximate surface area is 141 Å². The van der Waals surface area contributed by atoms with Crippen LogP contribution in [0.3, 0.4) is 0 Å². The lowest BCUT2D eigenvalue weighted by atomic mass is 9.92. The zero-order chi connectivity index (χ0) is 16.4. The number of benzene rings is 2. The Morgan fingerprint density at radius 1 is 0.917 bits per heavy atom. The number of carbonyl (C=O) groups excluding carboxylic acids is 1. The normalized spacial score (nSPS) is 29.1. The van der Waals surface area contributed by atoms with E-state index in [1.165, 1.54) is 0 Å². The van der Waals surface area contributed by atoms with Crippen molar-refractivity contribution in [3.8, 4) is 0 Å². The van der Waals surface area contributed by atoms with Crippen LogP contribution in [0.4, 0.5) is 0 Å². The summed E-state index contributed by atoms with van der Waals surface area (Å²) in [5, 5.41) is 3.52. The van der Waals surface area contributed by atoms with Crippen molar-refractivity contribution in [3.05, 3.63) is 71.8 Å². The topological polar surface area (TPSA) is 50.9 Å². The second-order valence-corrected chi connectivity index (χ2v) is 6.41. The van der Waals surface area contributed by atoms with Crippen LogP contribution in [0.1, 0.15) is 36.1 Å². The highest BCUT2D eigenvalue weighted by atomic mass is 16.6. The van der Waals surface area contributed by atoms with E-state index in [1.54, 1.807) is 0 Å². The molecule has 2 heterocycles. The van der Waals surface area contributed by atoms with Crippen LogP contribution in [0.25, 0.3) is 0 Å². The summed E-state index contributed by atoms with van der Waals surface area (Å²) in [5.74, 6) is -0.170. The molecule has 4 unspecified atom stereocenters. The number of carbonyl (C=O) groups is 1. The monoisotopic (exact) mass is 323 g/mol. The number of epoxide rings is 1. The molecule has 2 aliphatic rings. The van der Waals surface area contributed by atoms with Crippen molar-refractivity contribution in [1.82, 2.24) is 5.32 Å². The van der Waals surface area contributed by atoms with E-state index in [0.717, 1.165) is 30.6 Å². The maximum atomic E-state index is 12.5. The highest BCUT2D eigenvalue weighted by Gasteiger charge is 2.39. The van der Waals surface area contributed by atoms with Crippen molar-refractivity contribution in [2.75, 3.05) is 6.61 Å². The summed E-state index contributed by atoms with van der Waals surface area (Å²) in [6.45, 7) is 0.816. The van der Waals surface area contributed by atoms with E-state index in [1.807, 2.05) is 48.5 Å². The van der Waals surface area contributed by atoms with Gasteiger partial charge in [0.2, 0.25) is 0 Å². The second kappa shape index (κ2) is 6.75. The molecular weight excluding hydrogens is 302 g/mol. The van der Waals surface area contributed by atoms with Crippen molar-refractivity contribution in [3.63, 3.8) is 0 Å². The summed E-state index contributed by atoms with van der Waals surface area (Å²) in [5.41, 5.74) is 2.14. The highest BCUT2D eigenvalue weighted by molar-refractivity contribution is 5.77. The Kier molecular flexibility index (Phi) is 4.32. The number of rotatable bonds is 5. The van der Waals surface area contributed by atoms with Gasteiger partial charge in [0.05, 0.1) is 18.8 Å². The molecule has 4 heteroatoms. The van der Waals surface area contributed by atoms with E-state index in [4.69, 9.17) is 9.47 Å². The first-order valence-electron chi connectivity index (χ1n) is 8.49. The summed E-state index contributed by atoms with van der Waals surface area (Å²) < 4.78 is 11.1. The molecule has 0 bridgehead atoms. The van der Waals surface area contributed by atoms with Gasteiger partial charge in [-0.3, -0.25) is 10.1 Å². The van der Waals surface area contributed by atoms with Crippen molar-refractivity contribution in [2.24, 2.45) is 0 Å². The zero-order valence-corrected chi connectivity index (χ0v) is 13.4. The van der Waals surface area contributed by atoms with E-state index in [9.17, 15) is 4.79 Å². The number of ether oxygens (including phenoxy) is 2. The zero-order valence-electron chi connectivity index (χ0n) is 13.4. The van der Waals surface area contributed by atoms with Crippen LogP contribution >= 0.6 is 0 Å². The fraction of sp³-hybridized carbons (Fsp3) is 0.350. The first-order valence-corrected chi connectivity index (χ1v) is 8.49. The maximum Gasteiger partial charge on any atom is 0.323 e. The van der Waals surface area contributed by atoms with Gasteiger partial charge in [-0.1, -0.05) is 60.7 Å². The van der Waals surface area contributed by atoms with Gasteiger partial charge in [-0.25, -0.2) is 0 Å². The van der Waals surface area contributed by atoms with E-state index in [0.29, 0.717) is 6.10 Å². The second-order valence-electron chi connectivity index (χ2n) is 6.41. The summed E-state index contributed by atoms with van der Waals surface area (Å²) >= 11 is 0. The highest BCUT2D eigenvalue weighted by Crippen LogP contribution is 2.36. The smallest absolute Gasteiger partial charge is 0.323 e. The minimum atomic E-state index is -0.311. The Balaban J connectivity index is 1.59. The number of cyclic esters (lactones) is 1. The molecule has 0 spiro atoms. The molecule has 0 amide bonds. The van der Waals surface area contributed by atoms with Crippen LogP contribution in [0.2, 0.25) is 0 Å². The lowest BCUT2D eigenvalue weighted by Crippen LogP contribution is -2.48. The predicted molar refractivity (Wildman–Crippen MR) is 90.4 cm³/mol. The molecule has 0 aromatic heterocycles. The number of nitrogens with one attached hydrogen (secondary N) is 1. The van der Waals surface area contributed by atoms with Gasteiger partial charge in [-0.05, 0) is 24.0 Å². The predicted octanol–water partition coefficient (Wildman–Crippen LogP) is 3.16. The van der Waals surface area contributed by atoms with Gasteiger partial charge in [0, 0.05) is 0 Å². The first kappa shape index (κ1) is 15.4. The molecule has 124 valence electrons. The number of morpholine rings is 1. The molecule has 2 aromatic rings. The number of hydrogen-bond acceptors (Lipinski definition) is 4. The molecule has 0 radical (unpaired) electrons. The summed E-state index contributed by atoms with van der Waals surface area (Å²) in [6, 6.07) is 19.8. The van der Waals surface area contributed by atoms with Crippen molar-refractivity contribution < 1.29 is 14.3 Å². The minimum Gasteiger partial charge on any atom is -0.454 e. The Bertz CT molecular complexity index is 685. The standard InChI is InChI=1S/C20H21NO3/c22-20-17(12-11-16-13-23-16)21-18(14-7-3-1-4-8-14)19(24-20)15-9-5-2-6-10-15/h1-10,16-19,21H,11-13H2. The van der Waals surface area contributed by atoms with Gasteiger partial charge in [0.1, 0.15) is 12.1 Å². The van der Waals surface area contributed by atoms with Crippen LogP contribution < -0.4 is 5.32 Å². The van der Waals surface area contributed by atoms with Crippen LogP contribution in [-0.2, 0) is 14.3 Å². The Hall–Kier alpha value is -2.17. The molecule has 0 saturated carbocycles. The van der Waals surface area contributed by atoms with Crippen LogP contribution in [0, 0.1) is 0 Å². The quantitative estimate of drug-likeness (QED) is 0.678. The average Bonchev–Trinajstić information content (AvgIpc) is 3.46. The fourth-order valence-electron chi connectivity index (χ4n) is 3.27. The van der Waals surface area contributed by atoms with E-state index >= 15 is 0 Å². The van der Waals surface area contributed by atoms with Crippen molar-refractivity contribution >= 4 is 5.97 Å². The molecule has 24 heavy (non-hydrogen) atoms. The Morgan fingerprint density at radius 3 is 2.17 bits per heavy atom. The fourth-order valence-corrected chi connectivity index (χ4v) is 3.27. The molecule has 2 aromatic carbocycles. The minimum absolute atomic E-state index is 0.0450. The third-order valence-corrected chi connectivity index (χ3v) is 4.68. The van der Waals surface area contributed by atoms with E-state index in [2.05, 4.69) is 17.4 Å². The Morgan fingerprint density at radius 2 is 1.54 bits per heavy atom. The van der Waals surface area contributed by atoms with Gasteiger partial charge in [0.25, 0.3) is 0 Å². The summed E-state index contributed by atoms with van der Waals surface area (Å²) in [6.07, 6.45) is 1.65. The lowest BCUT2D eigenvalue weighted by Gasteiger charge is -2.37. The third kappa shape index (κ3) is 3.35. The molecule has 4 atom stereocenters. The third-order valence-electron chi connectivity index (χ3n) is 4.68. The van der Waals surface area contributed by atoms with Crippen molar-refractivity contribution in [2.45, 2.75) is 37.1 Å². The van der Waals surface area contributed by atoms with Gasteiger partial charge in [0.15, 0.2) is 0 Å². The molecule has 4 rings (SSSR count). The van der Waals surface area contributed by atoms with E-state index in [-0.39, 0.29) is 24.2 Å². The molecular formula is C20H21NO3. The van der Waals surface area contributed by atoms with Crippen LogP contribution in [-0.4, -0.2) is 24.7 Å². The van der Waals surface area contributed by atoms with Gasteiger partial charge >= 0.3 is 5.97 Å². The molecule has 0 aliphatic carbocycles. The van der Waals surface area contributed by atoms with Crippen LogP contribution in [0.15, 0.2) is 60.7 Å². The van der Waals surface area contributed by atoms with E-state index < -0.39 is 0 Å². The average molecular weight is 323 g/mol. The summed E-state index contributed by atoms with van der Waals surface area (Å²) in [4.78, 5) is 12.5. The van der Waals surface area contributed by atoms with Gasteiger partial charge in [-0.15, -0.1) is 0 Å². The van der Waals surface area contributed by atoms with Crippen LogP contribution in [0.5, 0.6) is 0 Å². The van der Waals surface area contributed by atoms with Gasteiger partial charge < -0.3 is 9.47 Å². The number of esters is 1. The molecule has 2 aliphatic heterocycles. The first-order chi connectivity index (χ1) is 11.8. The molecule has 4 nitrogen and oxygen atoms in total. The van der Waals surface area contributed by atoms with Gasteiger partial charge in [-0.2, -0.15) is 0 Å². The lowest BCUT2D eigenvalue weighted by molar-refractivity contribution is -0.161. The molecule has 2 saturated heterocycles. The largest absolute Gasteiger partial charge is 0.454 e.